The summed E-state index contributed by atoms with van der Waals surface area (Å²) in [5.41, 5.74) is 0.659. The second kappa shape index (κ2) is 3.25. The molecule has 0 unspecified atom stereocenters. The standard InChI is InChI=1S/C8H10O3S/c1-7-4-2-3-5-8(7)12(10,11)6-9/h2-5,9H,6H2,1H3. The first-order chi connectivity index (χ1) is 5.58. The minimum Gasteiger partial charge on any atom is -0.380 e. The molecule has 0 saturated heterocycles. The fraction of sp³-hybridized carbons (Fsp3) is 0.250. The molecule has 0 aliphatic heterocycles. The van der Waals surface area contributed by atoms with E-state index in [1.165, 1.54) is 6.07 Å². The van der Waals surface area contributed by atoms with E-state index in [1.54, 1.807) is 25.1 Å². The van der Waals surface area contributed by atoms with Gasteiger partial charge in [-0.15, -0.1) is 0 Å². The van der Waals surface area contributed by atoms with Crippen LogP contribution in [0.1, 0.15) is 5.56 Å². The van der Waals surface area contributed by atoms with Gasteiger partial charge in [-0.2, -0.15) is 0 Å². The van der Waals surface area contributed by atoms with E-state index in [9.17, 15) is 8.42 Å². The number of aryl methyl sites for hydroxylation is 1. The number of rotatable bonds is 2. The molecule has 0 fully saturated rings. The highest BCUT2D eigenvalue weighted by molar-refractivity contribution is 7.91. The van der Waals surface area contributed by atoms with Crippen LogP contribution in [0.5, 0.6) is 0 Å². The highest BCUT2D eigenvalue weighted by Gasteiger charge is 2.13. The molecule has 1 aromatic carbocycles. The van der Waals surface area contributed by atoms with Gasteiger partial charge in [0.25, 0.3) is 0 Å². The van der Waals surface area contributed by atoms with Crippen molar-refractivity contribution in [3.8, 4) is 0 Å². The van der Waals surface area contributed by atoms with Crippen LogP contribution in [0, 0.1) is 6.92 Å². The Morgan fingerprint density at radius 2 is 1.92 bits per heavy atom. The average Bonchev–Trinajstić information content (AvgIpc) is 2.05. The van der Waals surface area contributed by atoms with Crippen molar-refractivity contribution < 1.29 is 13.5 Å². The number of hydrogen-bond acceptors (Lipinski definition) is 3. The minimum absolute atomic E-state index is 0.201. The Morgan fingerprint density at radius 1 is 1.33 bits per heavy atom. The molecular weight excluding hydrogens is 176 g/mol. The number of aliphatic hydroxyl groups excluding tert-OH is 1. The quantitative estimate of drug-likeness (QED) is 0.740. The van der Waals surface area contributed by atoms with Gasteiger partial charge in [0, 0.05) is 0 Å². The van der Waals surface area contributed by atoms with E-state index < -0.39 is 15.8 Å². The normalized spacial score (nSPS) is 11.5. The van der Waals surface area contributed by atoms with E-state index in [-0.39, 0.29) is 4.90 Å². The predicted octanol–water partition coefficient (Wildman–Crippen LogP) is 0.719. The van der Waals surface area contributed by atoms with Crippen molar-refractivity contribution in [2.24, 2.45) is 0 Å². The van der Waals surface area contributed by atoms with Crippen molar-refractivity contribution in [1.82, 2.24) is 0 Å². The number of hydrogen-bond donors (Lipinski definition) is 1. The van der Waals surface area contributed by atoms with Crippen molar-refractivity contribution in [3.63, 3.8) is 0 Å². The van der Waals surface area contributed by atoms with Crippen LogP contribution in [-0.4, -0.2) is 19.5 Å². The lowest BCUT2D eigenvalue weighted by Crippen LogP contribution is -2.07. The summed E-state index contributed by atoms with van der Waals surface area (Å²) in [7, 11) is -3.47. The average molecular weight is 186 g/mol. The van der Waals surface area contributed by atoms with Gasteiger partial charge in [-0.3, -0.25) is 0 Å². The Labute approximate surface area is 71.6 Å². The molecule has 0 aliphatic rings. The second-order valence-electron chi connectivity index (χ2n) is 2.51. The first kappa shape index (κ1) is 9.22. The SMILES string of the molecule is Cc1ccccc1S(=O)(=O)CO. The van der Waals surface area contributed by atoms with Gasteiger partial charge in [0.05, 0.1) is 4.90 Å². The molecule has 0 heterocycles. The molecule has 12 heavy (non-hydrogen) atoms. The highest BCUT2D eigenvalue weighted by Crippen LogP contribution is 2.14. The Bertz CT molecular complexity index is 368. The van der Waals surface area contributed by atoms with E-state index in [0.29, 0.717) is 5.56 Å². The van der Waals surface area contributed by atoms with Crippen LogP contribution < -0.4 is 0 Å². The van der Waals surface area contributed by atoms with Crippen molar-refractivity contribution in [1.29, 1.82) is 0 Å². The molecule has 0 spiro atoms. The maximum Gasteiger partial charge on any atom is 0.202 e. The Balaban J connectivity index is 3.30. The molecule has 0 amide bonds. The van der Waals surface area contributed by atoms with Crippen LogP contribution in [-0.2, 0) is 9.84 Å². The van der Waals surface area contributed by atoms with Crippen molar-refractivity contribution in [2.75, 3.05) is 5.94 Å². The monoisotopic (exact) mass is 186 g/mol. The molecule has 1 N–H and O–H groups in total. The third kappa shape index (κ3) is 1.65. The first-order valence-electron chi connectivity index (χ1n) is 3.47. The van der Waals surface area contributed by atoms with E-state index in [1.807, 2.05) is 0 Å². The smallest absolute Gasteiger partial charge is 0.202 e. The fourth-order valence-electron chi connectivity index (χ4n) is 0.975. The van der Waals surface area contributed by atoms with Crippen LogP contribution in [0.2, 0.25) is 0 Å². The lowest BCUT2D eigenvalue weighted by Gasteiger charge is -2.02. The first-order valence-corrected chi connectivity index (χ1v) is 5.12. The zero-order chi connectivity index (χ0) is 9.19. The topological polar surface area (TPSA) is 54.4 Å². The fourth-order valence-corrected chi connectivity index (χ4v) is 1.96. The maximum absolute atomic E-state index is 11.2. The molecule has 4 heteroatoms. The van der Waals surface area contributed by atoms with Crippen molar-refractivity contribution in [3.05, 3.63) is 29.8 Å². The highest BCUT2D eigenvalue weighted by atomic mass is 32.2. The summed E-state index contributed by atoms with van der Waals surface area (Å²) in [4.78, 5) is 0.201. The third-order valence-electron chi connectivity index (χ3n) is 1.60. The summed E-state index contributed by atoms with van der Waals surface area (Å²) < 4.78 is 22.3. The third-order valence-corrected chi connectivity index (χ3v) is 3.07. The molecule has 0 aliphatic carbocycles. The van der Waals surface area contributed by atoms with Gasteiger partial charge < -0.3 is 5.11 Å². The predicted molar refractivity (Wildman–Crippen MR) is 45.5 cm³/mol. The maximum atomic E-state index is 11.2. The second-order valence-corrected chi connectivity index (χ2v) is 4.44. The van der Waals surface area contributed by atoms with Gasteiger partial charge in [0.15, 0.2) is 0 Å². The summed E-state index contributed by atoms with van der Waals surface area (Å²) in [6.45, 7) is 1.70. The molecule has 0 radical (unpaired) electrons. The van der Waals surface area contributed by atoms with Crippen molar-refractivity contribution in [2.45, 2.75) is 11.8 Å². The minimum atomic E-state index is -3.47. The van der Waals surface area contributed by atoms with Gasteiger partial charge >= 0.3 is 0 Å². The van der Waals surface area contributed by atoms with E-state index in [2.05, 4.69) is 0 Å². The molecule has 66 valence electrons. The van der Waals surface area contributed by atoms with Gasteiger partial charge in [0.1, 0.15) is 5.94 Å². The van der Waals surface area contributed by atoms with Gasteiger partial charge in [-0.25, -0.2) is 8.42 Å². The summed E-state index contributed by atoms with van der Waals surface area (Å²) in [6, 6.07) is 6.57. The Kier molecular flexibility index (Phi) is 2.49. The molecular formula is C8H10O3S. The number of benzene rings is 1. The molecule has 0 saturated carbocycles. The van der Waals surface area contributed by atoms with Crippen molar-refractivity contribution >= 4 is 9.84 Å². The van der Waals surface area contributed by atoms with E-state index in [4.69, 9.17) is 5.11 Å². The zero-order valence-electron chi connectivity index (χ0n) is 6.69. The number of aliphatic hydroxyl groups is 1. The van der Waals surface area contributed by atoms with Crippen LogP contribution in [0.25, 0.3) is 0 Å². The largest absolute Gasteiger partial charge is 0.380 e. The van der Waals surface area contributed by atoms with Crippen LogP contribution in [0.3, 0.4) is 0 Å². The van der Waals surface area contributed by atoms with Crippen LogP contribution in [0.4, 0.5) is 0 Å². The van der Waals surface area contributed by atoms with E-state index in [0.717, 1.165) is 0 Å². The van der Waals surface area contributed by atoms with Gasteiger partial charge in [-0.05, 0) is 18.6 Å². The Hall–Kier alpha value is -0.870. The zero-order valence-corrected chi connectivity index (χ0v) is 7.50. The lowest BCUT2D eigenvalue weighted by atomic mass is 10.2. The molecule has 0 atom stereocenters. The lowest BCUT2D eigenvalue weighted by molar-refractivity contribution is 0.358. The number of sulfone groups is 1. The Morgan fingerprint density at radius 3 is 2.42 bits per heavy atom. The molecule has 0 aromatic heterocycles. The van der Waals surface area contributed by atoms with E-state index >= 15 is 0 Å². The molecule has 1 rings (SSSR count). The molecule has 0 bridgehead atoms. The van der Waals surface area contributed by atoms with Crippen LogP contribution >= 0.6 is 0 Å². The summed E-state index contributed by atoms with van der Waals surface area (Å²) in [6.07, 6.45) is 0. The molecule has 3 nitrogen and oxygen atoms in total. The summed E-state index contributed by atoms with van der Waals surface area (Å²) in [5, 5.41) is 8.58. The van der Waals surface area contributed by atoms with Gasteiger partial charge in [-0.1, -0.05) is 18.2 Å². The molecule has 1 aromatic rings. The summed E-state index contributed by atoms with van der Waals surface area (Å²) in [5.74, 6) is -0.835. The summed E-state index contributed by atoms with van der Waals surface area (Å²) >= 11 is 0. The van der Waals surface area contributed by atoms with Crippen LogP contribution in [0.15, 0.2) is 29.2 Å². The van der Waals surface area contributed by atoms with Gasteiger partial charge in [0.2, 0.25) is 9.84 Å².